The van der Waals surface area contributed by atoms with Crippen LogP contribution in [0.15, 0.2) is 30.3 Å². The van der Waals surface area contributed by atoms with Crippen molar-refractivity contribution >= 4 is 0 Å². The standard InChI is InChI=1S/C28H30F8O3/c1-2-3-16-4-11-22(37-15-16)17-5-8-19(9-6-17)27(32,33)38-24-13-10-20(25(30)26(24)31)18-7-12-23(21(29)14-18)39-28(34,35)36/h7,10,12-14,16-17,19,22H,2-6,8-9,11,15H2,1H3. The van der Waals surface area contributed by atoms with E-state index in [4.69, 9.17) is 4.74 Å². The van der Waals surface area contributed by atoms with Crippen molar-refractivity contribution in [1.29, 1.82) is 0 Å². The van der Waals surface area contributed by atoms with Crippen LogP contribution in [0.2, 0.25) is 0 Å². The van der Waals surface area contributed by atoms with Crippen LogP contribution in [-0.2, 0) is 4.74 Å². The number of rotatable bonds is 8. The zero-order chi connectivity index (χ0) is 28.4. The summed E-state index contributed by atoms with van der Waals surface area (Å²) in [6.45, 7) is 2.82. The Morgan fingerprint density at radius 2 is 1.51 bits per heavy atom. The molecule has 2 atom stereocenters. The summed E-state index contributed by atoms with van der Waals surface area (Å²) in [5, 5.41) is 0. The monoisotopic (exact) mass is 566 g/mol. The van der Waals surface area contributed by atoms with Gasteiger partial charge in [0.2, 0.25) is 5.82 Å². The molecule has 0 aromatic heterocycles. The van der Waals surface area contributed by atoms with E-state index in [-0.39, 0.29) is 30.4 Å². The fourth-order valence-electron chi connectivity index (χ4n) is 5.60. The first-order chi connectivity index (χ1) is 18.4. The van der Waals surface area contributed by atoms with Gasteiger partial charge in [0.05, 0.1) is 12.0 Å². The zero-order valence-corrected chi connectivity index (χ0v) is 21.3. The lowest BCUT2D eigenvalue weighted by molar-refractivity contribution is -0.275. The molecule has 2 aromatic carbocycles. The molecule has 1 aliphatic carbocycles. The third-order valence-corrected chi connectivity index (χ3v) is 7.64. The molecule has 216 valence electrons. The van der Waals surface area contributed by atoms with Crippen LogP contribution in [0.5, 0.6) is 11.5 Å². The predicted molar refractivity (Wildman–Crippen MR) is 127 cm³/mol. The van der Waals surface area contributed by atoms with Crippen LogP contribution in [0.25, 0.3) is 11.1 Å². The summed E-state index contributed by atoms with van der Waals surface area (Å²) in [6.07, 6.45) is -3.36. The number of benzene rings is 2. The van der Waals surface area contributed by atoms with Crippen molar-refractivity contribution in [3.63, 3.8) is 0 Å². The lowest BCUT2D eigenvalue weighted by atomic mass is 9.76. The van der Waals surface area contributed by atoms with Crippen molar-refractivity contribution in [2.24, 2.45) is 17.8 Å². The minimum absolute atomic E-state index is 0.0478. The quantitative estimate of drug-likeness (QED) is 0.299. The molecule has 0 spiro atoms. The summed E-state index contributed by atoms with van der Waals surface area (Å²) in [4.78, 5) is 0. The fourth-order valence-corrected chi connectivity index (χ4v) is 5.60. The molecular formula is C28H30F8O3. The SMILES string of the molecule is CCCC1CCC(C2CCC(C(F)(F)Oc3ccc(-c4ccc(OC(F)(F)F)c(F)c4)c(F)c3F)CC2)OC1. The minimum atomic E-state index is -5.15. The molecule has 0 bridgehead atoms. The summed E-state index contributed by atoms with van der Waals surface area (Å²) in [7, 11) is 0. The van der Waals surface area contributed by atoms with Crippen molar-refractivity contribution in [3.05, 3.63) is 47.8 Å². The van der Waals surface area contributed by atoms with E-state index in [1.54, 1.807) is 0 Å². The van der Waals surface area contributed by atoms with Gasteiger partial charge in [-0.2, -0.15) is 13.2 Å². The highest BCUT2D eigenvalue weighted by Crippen LogP contribution is 2.44. The first-order valence-electron chi connectivity index (χ1n) is 13.1. The summed E-state index contributed by atoms with van der Waals surface area (Å²) in [5.41, 5.74) is -0.865. The van der Waals surface area contributed by atoms with Gasteiger partial charge in [0.1, 0.15) is 0 Å². The molecule has 2 aliphatic rings. The fraction of sp³-hybridized carbons (Fsp3) is 0.571. The van der Waals surface area contributed by atoms with Crippen LogP contribution in [0.1, 0.15) is 58.3 Å². The van der Waals surface area contributed by atoms with Crippen LogP contribution < -0.4 is 9.47 Å². The molecule has 0 amide bonds. The van der Waals surface area contributed by atoms with E-state index in [1.807, 2.05) is 0 Å². The highest BCUT2D eigenvalue weighted by Gasteiger charge is 2.46. The van der Waals surface area contributed by atoms with Crippen LogP contribution in [-0.4, -0.2) is 25.2 Å². The van der Waals surface area contributed by atoms with Gasteiger partial charge < -0.3 is 14.2 Å². The molecule has 39 heavy (non-hydrogen) atoms. The Morgan fingerprint density at radius 1 is 0.821 bits per heavy atom. The number of hydrogen-bond acceptors (Lipinski definition) is 3. The molecule has 1 heterocycles. The van der Waals surface area contributed by atoms with Gasteiger partial charge in [-0.25, -0.2) is 8.78 Å². The second-order valence-corrected chi connectivity index (χ2v) is 10.3. The van der Waals surface area contributed by atoms with Gasteiger partial charge in [-0.3, -0.25) is 0 Å². The Morgan fingerprint density at radius 3 is 2.10 bits per heavy atom. The normalized spacial score (nSPS) is 24.4. The van der Waals surface area contributed by atoms with Crippen molar-refractivity contribution in [2.75, 3.05) is 6.61 Å². The number of hydrogen-bond donors (Lipinski definition) is 0. The number of ether oxygens (including phenoxy) is 3. The molecule has 2 fully saturated rings. The first-order valence-corrected chi connectivity index (χ1v) is 13.1. The van der Waals surface area contributed by atoms with Crippen molar-refractivity contribution in [2.45, 2.75) is 76.9 Å². The van der Waals surface area contributed by atoms with E-state index in [1.165, 1.54) is 0 Å². The molecule has 3 nitrogen and oxygen atoms in total. The van der Waals surface area contributed by atoms with Gasteiger partial charge in [-0.05, 0) is 86.6 Å². The molecule has 1 saturated carbocycles. The molecule has 0 radical (unpaired) electrons. The Balaban J connectivity index is 1.39. The summed E-state index contributed by atoms with van der Waals surface area (Å²) in [6, 6.07) is 3.69. The van der Waals surface area contributed by atoms with Crippen molar-refractivity contribution in [1.82, 2.24) is 0 Å². The highest BCUT2D eigenvalue weighted by molar-refractivity contribution is 5.66. The molecule has 2 aromatic rings. The molecule has 11 heteroatoms. The maximum Gasteiger partial charge on any atom is 0.573 e. The molecule has 2 unspecified atom stereocenters. The summed E-state index contributed by atoms with van der Waals surface area (Å²) >= 11 is 0. The van der Waals surface area contributed by atoms with Crippen LogP contribution in [0.3, 0.4) is 0 Å². The third kappa shape index (κ3) is 7.15. The van der Waals surface area contributed by atoms with E-state index in [9.17, 15) is 35.1 Å². The Labute approximate surface area is 221 Å². The molecule has 1 aliphatic heterocycles. The van der Waals surface area contributed by atoms with Gasteiger partial charge in [0.25, 0.3) is 0 Å². The van der Waals surface area contributed by atoms with Gasteiger partial charge in [-0.15, -0.1) is 13.2 Å². The van der Waals surface area contributed by atoms with E-state index < -0.39 is 52.9 Å². The topological polar surface area (TPSA) is 27.7 Å². The average molecular weight is 567 g/mol. The van der Waals surface area contributed by atoms with Crippen molar-refractivity contribution in [3.8, 4) is 22.6 Å². The molecule has 1 saturated heterocycles. The van der Waals surface area contributed by atoms with E-state index in [0.717, 1.165) is 43.9 Å². The first kappa shape index (κ1) is 29.4. The third-order valence-electron chi connectivity index (χ3n) is 7.64. The smallest absolute Gasteiger partial charge is 0.429 e. The summed E-state index contributed by atoms with van der Waals surface area (Å²) < 4.78 is 125. The maximum atomic E-state index is 15.0. The Hall–Kier alpha value is -2.56. The second kappa shape index (κ2) is 11.9. The summed E-state index contributed by atoms with van der Waals surface area (Å²) in [5.74, 6) is -7.43. The number of halogens is 8. The lowest BCUT2D eigenvalue weighted by Gasteiger charge is -2.39. The largest absolute Gasteiger partial charge is 0.573 e. The minimum Gasteiger partial charge on any atom is -0.429 e. The maximum absolute atomic E-state index is 15.0. The Kier molecular flexibility index (Phi) is 8.98. The van der Waals surface area contributed by atoms with E-state index in [0.29, 0.717) is 37.5 Å². The Bertz CT molecular complexity index is 1120. The van der Waals surface area contributed by atoms with Crippen LogP contribution >= 0.6 is 0 Å². The average Bonchev–Trinajstić information content (AvgIpc) is 2.88. The van der Waals surface area contributed by atoms with Crippen LogP contribution in [0, 0.1) is 35.2 Å². The second-order valence-electron chi connectivity index (χ2n) is 10.3. The molecule has 0 N–H and O–H groups in total. The lowest BCUT2D eigenvalue weighted by Crippen LogP contribution is -2.40. The molecule has 4 rings (SSSR count). The van der Waals surface area contributed by atoms with Gasteiger partial charge >= 0.3 is 12.5 Å². The van der Waals surface area contributed by atoms with E-state index >= 15 is 0 Å². The molecular weight excluding hydrogens is 536 g/mol. The van der Waals surface area contributed by atoms with Crippen molar-refractivity contribution < 1.29 is 49.3 Å². The zero-order valence-electron chi connectivity index (χ0n) is 21.3. The van der Waals surface area contributed by atoms with E-state index in [2.05, 4.69) is 16.4 Å². The number of alkyl halides is 5. The van der Waals surface area contributed by atoms with Gasteiger partial charge in [-0.1, -0.05) is 19.4 Å². The van der Waals surface area contributed by atoms with Crippen LogP contribution in [0.4, 0.5) is 35.1 Å². The highest BCUT2D eigenvalue weighted by atomic mass is 19.4. The van der Waals surface area contributed by atoms with Gasteiger partial charge in [0, 0.05) is 12.2 Å². The predicted octanol–water partition coefficient (Wildman–Crippen LogP) is 9.04. The van der Waals surface area contributed by atoms with Gasteiger partial charge in [0.15, 0.2) is 23.1 Å².